The molecule has 1 aromatic carbocycles. The van der Waals surface area contributed by atoms with Crippen LogP contribution >= 0.6 is 0 Å². The fourth-order valence-corrected chi connectivity index (χ4v) is 4.63. The summed E-state index contributed by atoms with van der Waals surface area (Å²) < 4.78 is 46.5. The number of halogens is 3. The molecule has 228 valence electrons. The van der Waals surface area contributed by atoms with E-state index in [4.69, 9.17) is 25.6 Å². The zero-order valence-electron chi connectivity index (χ0n) is 23.6. The summed E-state index contributed by atoms with van der Waals surface area (Å²) in [5, 5.41) is 20.2. The highest BCUT2D eigenvalue weighted by Gasteiger charge is 2.31. The Morgan fingerprint density at radius 1 is 1.26 bits per heavy atom. The first kappa shape index (κ1) is 32.8. The Kier molecular flexibility index (Phi) is 13.1. The van der Waals surface area contributed by atoms with Crippen LogP contribution in [0.25, 0.3) is 0 Å². The van der Waals surface area contributed by atoms with Gasteiger partial charge < -0.3 is 24.7 Å². The normalized spacial score (nSPS) is 19.4. The first-order chi connectivity index (χ1) is 20.2. The van der Waals surface area contributed by atoms with Crippen LogP contribution in [0.1, 0.15) is 57.4 Å². The van der Waals surface area contributed by atoms with E-state index in [0.717, 1.165) is 18.2 Å². The van der Waals surface area contributed by atoms with E-state index in [0.29, 0.717) is 61.4 Å². The molecule has 0 amide bonds. The Morgan fingerprint density at radius 2 is 2.07 bits per heavy atom. The number of amidine groups is 1. The second-order valence-electron chi connectivity index (χ2n) is 10.0. The standard InChI is InChI=1S/C31H38F3N3O5/c1-2-6-23(32)7-5-16-37-29(8-3-4-9-30(38)39)36-28-17-21(11-14-26(28)31(37)40)10-13-25(42-35)20-41-19-22-18-24(33)12-15-27(22)34/h5-7,12-15,17-18,21,31,40H,2-4,8-11,16,19-20,35H2,1H3,(H,38,39)/b7-5-,23-6+,25-13-. The largest absolute Gasteiger partial charge is 0.481 e. The molecule has 1 heterocycles. The molecule has 0 saturated carbocycles. The van der Waals surface area contributed by atoms with Crippen LogP contribution in [0.5, 0.6) is 0 Å². The monoisotopic (exact) mass is 589 g/mol. The number of carbonyl (C=O) groups is 1. The van der Waals surface area contributed by atoms with Gasteiger partial charge in [-0.2, -0.15) is 5.90 Å². The van der Waals surface area contributed by atoms with E-state index >= 15 is 0 Å². The number of hydrogen-bond donors (Lipinski definition) is 3. The van der Waals surface area contributed by atoms with Gasteiger partial charge in [0.15, 0.2) is 6.23 Å². The van der Waals surface area contributed by atoms with Crippen molar-refractivity contribution >= 4 is 11.8 Å². The SMILES string of the molecule is CC/C=C(F)\C=C/CN1C(CCCCC(=O)O)=NC2=CC(C/C=C(/COCc3cc(F)ccc3F)ON)CC=C2C1O. The topological polar surface area (TPSA) is 118 Å². The lowest BCUT2D eigenvalue weighted by molar-refractivity contribution is -0.137. The maximum Gasteiger partial charge on any atom is 0.303 e. The molecule has 0 saturated heterocycles. The number of rotatable bonds is 16. The van der Waals surface area contributed by atoms with Crippen molar-refractivity contribution in [1.29, 1.82) is 0 Å². The van der Waals surface area contributed by atoms with Gasteiger partial charge in [0.1, 0.15) is 35.7 Å². The number of aliphatic hydroxyl groups excluding tert-OH is 1. The van der Waals surface area contributed by atoms with Gasteiger partial charge in [-0.3, -0.25) is 4.79 Å². The van der Waals surface area contributed by atoms with E-state index in [1.54, 1.807) is 17.1 Å². The molecule has 0 bridgehead atoms. The Bertz CT molecular complexity index is 1270. The molecule has 2 unspecified atom stereocenters. The zero-order valence-corrected chi connectivity index (χ0v) is 23.6. The molecule has 2 aliphatic rings. The summed E-state index contributed by atoms with van der Waals surface area (Å²) in [5.41, 5.74) is 1.37. The third-order valence-electron chi connectivity index (χ3n) is 6.81. The van der Waals surface area contributed by atoms with Gasteiger partial charge in [-0.25, -0.2) is 18.2 Å². The van der Waals surface area contributed by atoms with E-state index in [9.17, 15) is 23.1 Å². The predicted molar refractivity (Wildman–Crippen MR) is 153 cm³/mol. The molecule has 3 rings (SSSR count). The molecule has 8 nitrogen and oxygen atoms in total. The maximum atomic E-state index is 13.8. The number of allylic oxidation sites excluding steroid dienone is 6. The van der Waals surface area contributed by atoms with Crippen molar-refractivity contribution in [2.75, 3.05) is 13.2 Å². The van der Waals surface area contributed by atoms with E-state index in [-0.39, 0.29) is 43.5 Å². The number of carboxylic acids is 1. The van der Waals surface area contributed by atoms with Crippen molar-refractivity contribution in [3.8, 4) is 0 Å². The second-order valence-corrected chi connectivity index (χ2v) is 10.0. The third-order valence-corrected chi connectivity index (χ3v) is 6.81. The van der Waals surface area contributed by atoms with Crippen molar-refractivity contribution < 1.29 is 37.8 Å². The van der Waals surface area contributed by atoms with Gasteiger partial charge in [-0.1, -0.05) is 25.2 Å². The molecule has 42 heavy (non-hydrogen) atoms. The minimum Gasteiger partial charge on any atom is -0.481 e. The molecule has 4 N–H and O–H groups in total. The summed E-state index contributed by atoms with van der Waals surface area (Å²) >= 11 is 0. The van der Waals surface area contributed by atoms with Crippen LogP contribution in [0.4, 0.5) is 13.2 Å². The molecule has 1 aromatic rings. The quantitative estimate of drug-likeness (QED) is 0.0941. The Labute approximate surface area is 244 Å². The number of ether oxygens (including phenoxy) is 1. The summed E-state index contributed by atoms with van der Waals surface area (Å²) in [7, 11) is 0. The van der Waals surface area contributed by atoms with Gasteiger partial charge >= 0.3 is 5.97 Å². The fourth-order valence-electron chi connectivity index (χ4n) is 4.63. The second kappa shape index (κ2) is 16.7. The molecule has 0 radical (unpaired) electrons. The number of benzene rings is 1. The number of aliphatic hydroxyl groups is 1. The molecule has 2 atom stereocenters. The predicted octanol–water partition coefficient (Wildman–Crippen LogP) is 5.97. The molecule has 0 spiro atoms. The molecule has 0 aromatic heterocycles. The number of unbranched alkanes of at least 4 members (excludes halogenated alkanes) is 1. The molecule has 1 aliphatic heterocycles. The van der Waals surface area contributed by atoms with E-state index in [1.165, 1.54) is 12.2 Å². The average molecular weight is 590 g/mol. The van der Waals surface area contributed by atoms with Crippen LogP contribution in [0.15, 0.2) is 82.5 Å². The van der Waals surface area contributed by atoms with Crippen molar-refractivity contribution in [3.05, 3.63) is 94.7 Å². The minimum atomic E-state index is -0.984. The number of fused-ring (bicyclic) bond motifs is 1. The molecule has 11 heteroatoms. The highest BCUT2D eigenvalue weighted by Crippen LogP contribution is 2.34. The number of aliphatic imine (C=N–C) groups is 1. The number of aliphatic carboxylic acids is 1. The lowest BCUT2D eigenvalue weighted by atomic mass is 9.89. The van der Waals surface area contributed by atoms with E-state index in [1.807, 2.05) is 19.1 Å². The number of carboxylic acid groups (broad SMARTS) is 1. The van der Waals surface area contributed by atoms with E-state index < -0.39 is 23.8 Å². The minimum absolute atomic E-state index is 0.0125. The fraction of sp³-hybridized carbons (Fsp3) is 0.419. The average Bonchev–Trinajstić information content (AvgIpc) is 2.96. The molecular weight excluding hydrogens is 551 g/mol. The first-order valence-electron chi connectivity index (χ1n) is 14.0. The van der Waals surface area contributed by atoms with Gasteiger partial charge in [0.25, 0.3) is 0 Å². The Hall–Kier alpha value is -3.67. The molecule has 1 aliphatic carbocycles. The smallest absolute Gasteiger partial charge is 0.303 e. The van der Waals surface area contributed by atoms with Crippen molar-refractivity contribution in [2.45, 2.75) is 64.7 Å². The van der Waals surface area contributed by atoms with Crippen molar-refractivity contribution in [2.24, 2.45) is 16.8 Å². The number of hydrogen-bond acceptors (Lipinski definition) is 7. The van der Waals surface area contributed by atoms with Crippen LogP contribution in [-0.2, 0) is 21.0 Å². The highest BCUT2D eigenvalue weighted by atomic mass is 19.1. The molecular formula is C31H38F3N3O5. The van der Waals surface area contributed by atoms with Gasteiger partial charge in [0.05, 0.1) is 12.3 Å². The van der Waals surface area contributed by atoms with Gasteiger partial charge in [-0.15, -0.1) is 0 Å². The van der Waals surface area contributed by atoms with Crippen LogP contribution in [-0.4, -0.2) is 46.3 Å². The number of nitrogens with two attached hydrogens (primary N) is 1. The van der Waals surface area contributed by atoms with Crippen molar-refractivity contribution in [3.63, 3.8) is 0 Å². The van der Waals surface area contributed by atoms with Crippen LogP contribution in [0.2, 0.25) is 0 Å². The van der Waals surface area contributed by atoms with Crippen LogP contribution in [0.3, 0.4) is 0 Å². The summed E-state index contributed by atoms with van der Waals surface area (Å²) in [4.78, 5) is 22.3. The molecule has 0 fully saturated rings. The lowest BCUT2D eigenvalue weighted by Crippen LogP contribution is -2.45. The van der Waals surface area contributed by atoms with Gasteiger partial charge in [-0.05, 0) is 74.4 Å². The summed E-state index contributed by atoms with van der Waals surface area (Å²) in [6, 6.07) is 3.14. The third kappa shape index (κ3) is 10.0. The maximum absolute atomic E-state index is 13.8. The van der Waals surface area contributed by atoms with E-state index in [2.05, 4.69) is 0 Å². The van der Waals surface area contributed by atoms with Gasteiger partial charge in [0, 0.05) is 30.5 Å². The van der Waals surface area contributed by atoms with Crippen LogP contribution in [0, 0.1) is 17.6 Å². The summed E-state index contributed by atoms with van der Waals surface area (Å²) in [6.45, 7) is 1.88. The Morgan fingerprint density at radius 3 is 2.81 bits per heavy atom. The summed E-state index contributed by atoms with van der Waals surface area (Å²) in [6.07, 6.45) is 12.3. The van der Waals surface area contributed by atoms with Crippen LogP contribution < -0.4 is 5.90 Å². The van der Waals surface area contributed by atoms with Gasteiger partial charge in [0.2, 0.25) is 0 Å². The Balaban J connectivity index is 1.69. The number of nitrogens with zero attached hydrogens (tertiary/aromatic N) is 2. The highest BCUT2D eigenvalue weighted by molar-refractivity contribution is 5.86. The lowest BCUT2D eigenvalue weighted by Gasteiger charge is -2.37. The first-order valence-corrected chi connectivity index (χ1v) is 14.0. The summed E-state index contributed by atoms with van der Waals surface area (Å²) in [5.74, 6) is 3.97. The van der Waals surface area contributed by atoms with Crippen molar-refractivity contribution in [1.82, 2.24) is 4.90 Å². The zero-order chi connectivity index (χ0) is 30.5.